The minimum atomic E-state index is -3.78. The van der Waals surface area contributed by atoms with Crippen LogP contribution in [0.5, 0.6) is 0 Å². The number of nitrogens with zero attached hydrogens (tertiary/aromatic N) is 1. The highest BCUT2D eigenvalue weighted by Gasteiger charge is 2.35. The molecule has 0 amide bonds. The van der Waals surface area contributed by atoms with E-state index in [0.717, 1.165) is 13.0 Å². The lowest BCUT2D eigenvalue weighted by Gasteiger charge is -2.19. The maximum absolute atomic E-state index is 12.8. The first kappa shape index (κ1) is 16.0. The molecule has 7 nitrogen and oxygen atoms in total. The molecular weight excluding hydrogens is 296 g/mol. The molecule has 2 heterocycles. The van der Waals surface area contributed by atoms with Crippen molar-refractivity contribution in [2.45, 2.75) is 25.2 Å². The Labute approximate surface area is 124 Å². The molecule has 0 radical (unpaired) electrons. The van der Waals surface area contributed by atoms with Gasteiger partial charge in [-0.05, 0) is 26.8 Å². The second kappa shape index (κ2) is 6.17. The molecule has 0 spiro atoms. The van der Waals surface area contributed by atoms with Gasteiger partial charge in [-0.3, -0.25) is 0 Å². The van der Waals surface area contributed by atoms with Gasteiger partial charge in [0.2, 0.25) is 10.0 Å². The van der Waals surface area contributed by atoms with Gasteiger partial charge in [-0.15, -0.1) is 0 Å². The van der Waals surface area contributed by atoms with Crippen molar-refractivity contribution < 1.29 is 22.4 Å². The topological polar surface area (TPSA) is 88.8 Å². The molecule has 0 bridgehead atoms. The summed E-state index contributed by atoms with van der Waals surface area (Å²) in [5.41, 5.74) is -0.00722. The normalized spacial score (nSPS) is 17.5. The van der Waals surface area contributed by atoms with Gasteiger partial charge in [0.1, 0.15) is 22.0 Å². The number of methoxy groups -OCH3 is 1. The van der Waals surface area contributed by atoms with Gasteiger partial charge in [0.25, 0.3) is 0 Å². The fourth-order valence-electron chi connectivity index (χ4n) is 2.50. The lowest BCUT2D eigenvalue weighted by Crippen LogP contribution is -2.35. The summed E-state index contributed by atoms with van der Waals surface area (Å²) in [6, 6.07) is 0. The number of nitrogens with one attached hydrogen (secondary N) is 1. The number of carbonyl (C=O) groups excluding carboxylic acids is 1. The molecule has 0 unspecified atom stereocenters. The van der Waals surface area contributed by atoms with Crippen molar-refractivity contribution in [3.63, 3.8) is 0 Å². The molecule has 8 heteroatoms. The smallest absolute Gasteiger partial charge is 0.342 e. The van der Waals surface area contributed by atoms with E-state index in [0.29, 0.717) is 19.6 Å². The SMILES string of the molecule is COC(=O)c1c(C)oc(C)c1S(=O)(=O)N1CCCNCC1. The third kappa shape index (κ3) is 2.97. The number of sulfonamides is 1. The van der Waals surface area contributed by atoms with Crippen molar-refractivity contribution >= 4 is 16.0 Å². The van der Waals surface area contributed by atoms with Crippen LogP contribution in [0, 0.1) is 13.8 Å². The Morgan fingerprint density at radius 3 is 2.62 bits per heavy atom. The third-order valence-corrected chi connectivity index (χ3v) is 5.54. The van der Waals surface area contributed by atoms with E-state index in [1.54, 1.807) is 13.8 Å². The van der Waals surface area contributed by atoms with Crippen LogP contribution in [0.2, 0.25) is 0 Å². The number of hydrogen-bond acceptors (Lipinski definition) is 6. The van der Waals surface area contributed by atoms with E-state index < -0.39 is 16.0 Å². The molecule has 1 N–H and O–H groups in total. The van der Waals surface area contributed by atoms with Crippen molar-refractivity contribution in [2.24, 2.45) is 0 Å². The predicted octanol–water partition coefficient (Wildman–Crippen LogP) is 0.667. The Morgan fingerprint density at radius 1 is 1.24 bits per heavy atom. The Kier molecular flexibility index (Phi) is 4.70. The Balaban J connectivity index is 2.51. The molecular formula is C13H20N2O5S. The van der Waals surface area contributed by atoms with Gasteiger partial charge in [-0.2, -0.15) is 4.31 Å². The molecule has 1 aliphatic heterocycles. The summed E-state index contributed by atoms with van der Waals surface area (Å²) in [4.78, 5) is 11.8. The average Bonchev–Trinajstić information content (AvgIpc) is 2.64. The van der Waals surface area contributed by atoms with Gasteiger partial charge >= 0.3 is 5.97 Å². The molecule has 1 saturated heterocycles. The molecule has 118 valence electrons. The fraction of sp³-hybridized carbons (Fsp3) is 0.615. The second-order valence-corrected chi connectivity index (χ2v) is 6.79. The number of furan rings is 1. The van der Waals surface area contributed by atoms with Crippen LogP contribution in [0.3, 0.4) is 0 Å². The summed E-state index contributed by atoms with van der Waals surface area (Å²) in [5, 5.41) is 3.15. The first-order chi connectivity index (χ1) is 9.89. The van der Waals surface area contributed by atoms with Crippen molar-refractivity contribution in [3.8, 4) is 0 Å². The highest BCUT2D eigenvalue weighted by molar-refractivity contribution is 7.89. The lowest BCUT2D eigenvalue weighted by molar-refractivity contribution is 0.0594. The monoisotopic (exact) mass is 316 g/mol. The summed E-state index contributed by atoms with van der Waals surface area (Å²) >= 11 is 0. The maximum Gasteiger partial charge on any atom is 0.342 e. The van der Waals surface area contributed by atoms with Crippen molar-refractivity contribution in [2.75, 3.05) is 33.3 Å². The standard InChI is InChI=1S/C13H20N2O5S/c1-9-11(13(16)19-3)12(10(2)20-9)21(17,18)15-7-4-5-14-6-8-15/h14H,4-8H2,1-3H3. The summed E-state index contributed by atoms with van der Waals surface area (Å²) in [6.45, 7) is 5.25. The zero-order chi connectivity index (χ0) is 15.6. The van der Waals surface area contributed by atoms with E-state index in [2.05, 4.69) is 10.1 Å². The van der Waals surface area contributed by atoms with Gasteiger partial charge in [0.15, 0.2) is 0 Å². The summed E-state index contributed by atoms with van der Waals surface area (Å²) in [5.74, 6) is -0.230. The van der Waals surface area contributed by atoms with Crippen LogP contribution >= 0.6 is 0 Å². The summed E-state index contributed by atoms with van der Waals surface area (Å²) in [7, 11) is -2.56. The molecule has 0 aliphatic carbocycles. The molecule has 1 aromatic heterocycles. The summed E-state index contributed by atoms with van der Waals surface area (Å²) in [6.07, 6.45) is 0.725. The van der Waals surface area contributed by atoms with Crippen molar-refractivity contribution in [3.05, 3.63) is 17.1 Å². The Hall–Kier alpha value is -1.38. The first-order valence-electron chi connectivity index (χ1n) is 6.78. The van der Waals surface area contributed by atoms with E-state index in [1.165, 1.54) is 11.4 Å². The van der Waals surface area contributed by atoms with Crippen LogP contribution in [0.1, 0.15) is 28.3 Å². The Morgan fingerprint density at radius 2 is 1.95 bits per heavy atom. The van der Waals surface area contributed by atoms with E-state index in [-0.39, 0.29) is 22.0 Å². The van der Waals surface area contributed by atoms with Gasteiger partial charge in [0, 0.05) is 19.6 Å². The van der Waals surface area contributed by atoms with E-state index in [1.807, 2.05) is 0 Å². The first-order valence-corrected chi connectivity index (χ1v) is 8.22. The summed E-state index contributed by atoms with van der Waals surface area (Å²) < 4.78 is 37.1. The van der Waals surface area contributed by atoms with E-state index in [4.69, 9.17) is 4.42 Å². The number of rotatable bonds is 3. The van der Waals surface area contributed by atoms with Crippen molar-refractivity contribution in [1.29, 1.82) is 0 Å². The maximum atomic E-state index is 12.8. The minimum Gasteiger partial charge on any atom is -0.465 e. The van der Waals surface area contributed by atoms with Crippen LogP contribution in [0.25, 0.3) is 0 Å². The number of aryl methyl sites for hydroxylation is 2. The fourth-order valence-corrected chi connectivity index (χ4v) is 4.35. The zero-order valence-electron chi connectivity index (χ0n) is 12.4. The minimum absolute atomic E-state index is 0.00722. The Bertz CT molecular complexity index is 627. The molecule has 2 rings (SSSR count). The lowest BCUT2D eigenvalue weighted by atomic mass is 10.2. The van der Waals surface area contributed by atoms with Gasteiger partial charge in [-0.25, -0.2) is 13.2 Å². The van der Waals surface area contributed by atoms with Gasteiger partial charge in [0.05, 0.1) is 7.11 Å². The number of esters is 1. The number of carbonyl (C=O) groups is 1. The molecule has 0 aromatic carbocycles. The molecule has 1 fully saturated rings. The van der Waals surface area contributed by atoms with E-state index >= 15 is 0 Å². The van der Waals surface area contributed by atoms with Crippen LogP contribution in [-0.2, 0) is 14.8 Å². The molecule has 0 atom stereocenters. The highest BCUT2D eigenvalue weighted by atomic mass is 32.2. The van der Waals surface area contributed by atoms with Crippen LogP contribution in [-0.4, -0.2) is 52.0 Å². The highest BCUT2D eigenvalue weighted by Crippen LogP contribution is 2.30. The van der Waals surface area contributed by atoms with Gasteiger partial charge in [-0.1, -0.05) is 0 Å². The van der Waals surface area contributed by atoms with Crippen LogP contribution in [0.15, 0.2) is 9.31 Å². The van der Waals surface area contributed by atoms with E-state index in [9.17, 15) is 13.2 Å². The number of hydrogen-bond donors (Lipinski definition) is 1. The van der Waals surface area contributed by atoms with Crippen LogP contribution in [0.4, 0.5) is 0 Å². The largest absolute Gasteiger partial charge is 0.465 e. The molecule has 21 heavy (non-hydrogen) atoms. The van der Waals surface area contributed by atoms with Crippen molar-refractivity contribution in [1.82, 2.24) is 9.62 Å². The molecule has 0 saturated carbocycles. The van der Waals surface area contributed by atoms with Crippen LogP contribution < -0.4 is 5.32 Å². The molecule has 1 aliphatic rings. The molecule has 1 aromatic rings. The number of ether oxygens (including phenoxy) is 1. The quantitative estimate of drug-likeness (QED) is 0.824. The second-order valence-electron chi connectivity index (χ2n) is 4.92. The third-order valence-electron chi connectivity index (χ3n) is 3.49. The zero-order valence-corrected chi connectivity index (χ0v) is 13.2. The predicted molar refractivity (Wildman–Crippen MR) is 75.8 cm³/mol. The average molecular weight is 316 g/mol. The van der Waals surface area contributed by atoms with Gasteiger partial charge < -0.3 is 14.5 Å².